The van der Waals surface area contributed by atoms with Gasteiger partial charge in [0.25, 0.3) is 0 Å². The first-order valence-corrected chi connectivity index (χ1v) is 10.0. The Bertz CT molecular complexity index is 963. The molecule has 0 atom stereocenters. The van der Waals surface area contributed by atoms with Gasteiger partial charge in [-0.2, -0.15) is 4.98 Å². The summed E-state index contributed by atoms with van der Waals surface area (Å²) < 4.78 is 21.3. The monoisotopic (exact) mass is 396 g/mol. The number of hydrogen-bond acceptors (Lipinski definition) is 5. The van der Waals surface area contributed by atoms with E-state index in [4.69, 9.17) is 4.74 Å². The summed E-state index contributed by atoms with van der Waals surface area (Å²) in [5, 5.41) is 9.89. The van der Waals surface area contributed by atoms with Crippen LogP contribution in [-0.2, 0) is 0 Å². The molecule has 1 fully saturated rings. The fourth-order valence-corrected chi connectivity index (χ4v) is 3.79. The van der Waals surface area contributed by atoms with E-state index in [2.05, 4.69) is 19.5 Å². The van der Waals surface area contributed by atoms with E-state index >= 15 is 0 Å². The molecule has 1 aliphatic rings. The maximum Gasteiger partial charge on any atom is 0.317 e. The Hall–Kier alpha value is -2.80. The molecule has 1 aromatic carbocycles. The molecule has 1 N–H and O–H groups in total. The van der Waals surface area contributed by atoms with Gasteiger partial charge < -0.3 is 14.4 Å². The van der Waals surface area contributed by atoms with Crippen molar-refractivity contribution in [2.24, 2.45) is 0 Å². The number of rotatable bonds is 5. The van der Waals surface area contributed by atoms with Gasteiger partial charge in [-0.15, -0.1) is 0 Å². The minimum atomic E-state index is -0.286. The number of ether oxygens (including phenoxy) is 1. The third-order valence-electron chi connectivity index (χ3n) is 5.19. The number of nitrogens with zero attached hydrogens (tertiary/aromatic N) is 4. The van der Waals surface area contributed by atoms with Gasteiger partial charge in [-0.25, -0.2) is 14.4 Å². The topological polar surface area (TPSA) is 73.1 Å². The van der Waals surface area contributed by atoms with Crippen LogP contribution in [0.4, 0.5) is 4.39 Å². The van der Waals surface area contributed by atoms with Crippen molar-refractivity contribution in [1.29, 1.82) is 0 Å². The highest BCUT2D eigenvalue weighted by Crippen LogP contribution is 2.37. The standard InChI is InChI=1S/C22H25FN4O2/c1-14(2)29-22-24-12-11-19(26-22)21-20(15-3-5-16(23)6-4-15)25-13-27(21)17-7-9-18(28)10-8-17/h3-6,11-14,17-18,28H,7-10H2,1-2H3. The zero-order valence-corrected chi connectivity index (χ0v) is 16.6. The summed E-state index contributed by atoms with van der Waals surface area (Å²) in [4.78, 5) is 13.5. The lowest BCUT2D eigenvalue weighted by Gasteiger charge is -2.28. The molecule has 0 radical (unpaired) electrons. The average Bonchev–Trinajstić information content (AvgIpc) is 3.14. The number of benzene rings is 1. The molecule has 29 heavy (non-hydrogen) atoms. The lowest BCUT2D eigenvalue weighted by Crippen LogP contribution is -2.21. The van der Waals surface area contributed by atoms with E-state index in [9.17, 15) is 9.50 Å². The minimum Gasteiger partial charge on any atom is -0.461 e. The smallest absolute Gasteiger partial charge is 0.317 e. The fraction of sp³-hybridized carbons (Fsp3) is 0.409. The van der Waals surface area contributed by atoms with Crippen LogP contribution in [0.15, 0.2) is 42.9 Å². The summed E-state index contributed by atoms with van der Waals surface area (Å²) in [6.07, 6.45) is 6.49. The number of aliphatic hydroxyl groups excluding tert-OH is 1. The summed E-state index contributed by atoms with van der Waals surface area (Å²) in [6.45, 7) is 3.86. The third-order valence-corrected chi connectivity index (χ3v) is 5.19. The van der Waals surface area contributed by atoms with Crippen molar-refractivity contribution in [2.75, 3.05) is 0 Å². The quantitative estimate of drug-likeness (QED) is 0.692. The Labute approximate surface area is 169 Å². The molecule has 2 heterocycles. The number of imidazole rings is 1. The molecule has 6 nitrogen and oxygen atoms in total. The Morgan fingerprint density at radius 3 is 2.48 bits per heavy atom. The number of hydrogen-bond donors (Lipinski definition) is 1. The van der Waals surface area contributed by atoms with E-state index in [0.717, 1.165) is 42.6 Å². The van der Waals surface area contributed by atoms with Crippen LogP contribution < -0.4 is 4.74 Å². The second-order valence-electron chi connectivity index (χ2n) is 7.71. The van der Waals surface area contributed by atoms with Gasteiger partial charge in [0.1, 0.15) is 5.82 Å². The second kappa shape index (κ2) is 8.29. The van der Waals surface area contributed by atoms with Crippen LogP contribution in [0.1, 0.15) is 45.6 Å². The number of aliphatic hydroxyl groups is 1. The molecule has 0 unspecified atom stereocenters. The van der Waals surface area contributed by atoms with Gasteiger partial charge in [-0.05, 0) is 69.9 Å². The Morgan fingerprint density at radius 2 is 1.79 bits per heavy atom. The van der Waals surface area contributed by atoms with Crippen molar-refractivity contribution >= 4 is 0 Å². The van der Waals surface area contributed by atoms with Crippen LogP contribution in [0.2, 0.25) is 0 Å². The predicted octanol–water partition coefficient (Wildman–Crippen LogP) is 4.41. The Morgan fingerprint density at radius 1 is 1.07 bits per heavy atom. The van der Waals surface area contributed by atoms with Crippen LogP contribution in [-0.4, -0.2) is 36.8 Å². The molecule has 0 spiro atoms. The van der Waals surface area contributed by atoms with Crippen molar-refractivity contribution < 1.29 is 14.2 Å². The first-order chi connectivity index (χ1) is 14.0. The zero-order valence-electron chi connectivity index (χ0n) is 16.6. The minimum absolute atomic E-state index is 0.0356. The SMILES string of the molecule is CC(C)Oc1nccc(-c2c(-c3ccc(F)cc3)ncn2C2CCC(O)CC2)n1. The second-order valence-corrected chi connectivity index (χ2v) is 7.71. The molecule has 3 aromatic rings. The van der Waals surface area contributed by atoms with Gasteiger partial charge in [0.2, 0.25) is 0 Å². The van der Waals surface area contributed by atoms with E-state index in [0.29, 0.717) is 11.7 Å². The van der Waals surface area contributed by atoms with E-state index in [-0.39, 0.29) is 24.1 Å². The van der Waals surface area contributed by atoms with Crippen molar-refractivity contribution in [3.05, 3.63) is 48.7 Å². The summed E-state index contributed by atoms with van der Waals surface area (Å²) in [5.74, 6) is -0.286. The molecular weight excluding hydrogens is 371 g/mol. The van der Waals surface area contributed by atoms with Crippen molar-refractivity contribution in [2.45, 2.75) is 57.8 Å². The Balaban J connectivity index is 1.80. The average molecular weight is 396 g/mol. The molecule has 0 aliphatic heterocycles. The highest BCUT2D eigenvalue weighted by atomic mass is 19.1. The first kappa shape index (κ1) is 19.5. The van der Waals surface area contributed by atoms with Crippen molar-refractivity contribution in [3.63, 3.8) is 0 Å². The summed E-state index contributed by atoms with van der Waals surface area (Å²) >= 11 is 0. The summed E-state index contributed by atoms with van der Waals surface area (Å²) in [5.41, 5.74) is 3.12. The first-order valence-electron chi connectivity index (χ1n) is 10.0. The van der Waals surface area contributed by atoms with Gasteiger partial charge in [0.15, 0.2) is 0 Å². The van der Waals surface area contributed by atoms with Crippen molar-refractivity contribution in [3.8, 4) is 28.7 Å². The van der Waals surface area contributed by atoms with Gasteiger partial charge in [0.05, 0.1) is 35.6 Å². The largest absolute Gasteiger partial charge is 0.461 e. The lowest BCUT2D eigenvalue weighted by molar-refractivity contribution is 0.111. The van der Waals surface area contributed by atoms with E-state index < -0.39 is 0 Å². The van der Waals surface area contributed by atoms with Gasteiger partial charge >= 0.3 is 6.01 Å². The molecular formula is C22H25FN4O2. The molecule has 2 aromatic heterocycles. The van der Waals surface area contributed by atoms with Crippen LogP contribution in [0.5, 0.6) is 6.01 Å². The van der Waals surface area contributed by atoms with Crippen LogP contribution >= 0.6 is 0 Å². The lowest BCUT2D eigenvalue weighted by atomic mass is 9.92. The summed E-state index contributed by atoms with van der Waals surface area (Å²) in [6, 6.07) is 8.69. The van der Waals surface area contributed by atoms with Gasteiger partial charge in [-0.1, -0.05) is 0 Å². The number of aromatic nitrogens is 4. The Kier molecular flexibility index (Phi) is 5.58. The highest BCUT2D eigenvalue weighted by Gasteiger charge is 2.26. The van der Waals surface area contributed by atoms with Crippen LogP contribution in [0.3, 0.4) is 0 Å². The molecule has 1 saturated carbocycles. The number of halogens is 1. The van der Waals surface area contributed by atoms with Crippen molar-refractivity contribution in [1.82, 2.24) is 19.5 Å². The van der Waals surface area contributed by atoms with Crippen LogP contribution in [0.25, 0.3) is 22.6 Å². The third kappa shape index (κ3) is 4.29. The van der Waals surface area contributed by atoms with E-state index in [1.165, 1.54) is 12.1 Å². The molecule has 1 aliphatic carbocycles. The maximum absolute atomic E-state index is 13.4. The summed E-state index contributed by atoms with van der Waals surface area (Å²) in [7, 11) is 0. The van der Waals surface area contributed by atoms with Crippen LogP contribution in [0, 0.1) is 5.82 Å². The molecule has 7 heteroatoms. The van der Waals surface area contributed by atoms with E-state index in [1.807, 2.05) is 26.2 Å². The maximum atomic E-state index is 13.4. The van der Waals surface area contributed by atoms with Gasteiger partial charge in [-0.3, -0.25) is 0 Å². The normalized spacial score (nSPS) is 19.5. The molecule has 0 bridgehead atoms. The molecule has 152 valence electrons. The molecule has 4 rings (SSSR count). The fourth-order valence-electron chi connectivity index (χ4n) is 3.79. The van der Waals surface area contributed by atoms with E-state index in [1.54, 1.807) is 18.3 Å². The molecule has 0 saturated heterocycles. The molecule has 0 amide bonds. The van der Waals surface area contributed by atoms with Gasteiger partial charge in [0, 0.05) is 17.8 Å². The predicted molar refractivity (Wildman–Crippen MR) is 108 cm³/mol. The highest BCUT2D eigenvalue weighted by molar-refractivity contribution is 5.77. The zero-order chi connectivity index (χ0) is 20.4.